The van der Waals surface area contributed by atoms with Gasteiger partial charge in [0, 0.05) is 16.5 Å². The standard InChI is InChI=1S/C14H15N5S/c1-2-10-13(19-15)16-8-17-14(10)20-12-7-9-5-3-4-6-11(9)18-12/h3-8,18H,2,15H2,1H3,(H,16,17,19). The van der Waals surface area contributed by atoms with E-state index in [1.807, 2.05) is 12.1 Å². The number of fused-ring (bicyclic) bond motifs is 1. The molecule has 0 radical (unpaired) electrons. The highest BCUT2D eigenvalue weighted by atomic mass is 32.2. The predicted octanol–water partition coefficient (Wildman–Crippen LogP) is 2.96. The van der Waals surface area contributed by atoms with Crippen LogP contribution in [0.4, 0.5) is 5.82 Å². The van der Waals surface area contributed by atoms with Crippen LogP contribution in [0.3, 0.4) is 0 Å². The summed E-state index contributed by atoms with van der Waals surface area (Å²) in [6.07, 6.45) is 2.35. The molecule has 3 aromatic rings. The normalized spacial score (nSPS) is 10.9. The van der Waals surface area contributed by atoms with Gasteiger partial charge in [-0.1, -0.05) is 36.9 Å². The topological polar surface area (TPSA) is 79.6 Å². The molecule has 2 heterocycles. The van der Waals surface area contributed by atoms with Crippen LogP contribution in [-0.2, 0) is 6.42 Å². The number of hydrogen-bond donors (Lipinski definition) is 3. The number of H-pyrrole nitrogens is 1. The number of nitrogens with one attached hydrogen (secondary N) is 2. The largest absolute Gasteiger partial charge is 0.349 e. The summed E-state index contributed by atoms with van der Waals surface area (Å²) in [5.74, 6) is 6.17. The van der Waals surface area contributed by atoms with Crippen LogP contribution in [0.2, 0.25) is 0 Å². The Labute approximate surface area is 121 Å². The molecule has 0 atom stereocenters. The van der Waals surface area contributed by atoms with Crippen molar-refractivity contribution in [1.29, 1.82) is 0 Å². The van der Waals surface area contributed by atoms with Crippen molar-refractivity contribution in [3.63, 3.8) is 0 Å². The zero-order chi connectivity index (χ0) is 13.9. The minimum Gasteiger partial charge on any atom is -0.349 e. The number of aromatic amines is 1. The number of aromatic nitrogens is 3. The van der Waals surface area contributed by atoms with Gasteiger partial charge in [-0.2, -0.15) is 0 Å². The van der Waals surface area contributed by atoms with Crippen molar-refractivity contribution >= 4 is 28.5 Å². The van der Waals surface area contributed by atoms with Crippen LogP contribution in [0.25, 0.3) is 10.9 Å². The summed E-state index contributed by atoms with van der Waals surface area (Å²) >= 11 is 1.59. The number of anilines is 1. The summed E-state index contributed by atoms with van der Waals surface area (Å²) in [7, 11) is 0. The molecule has 6 heteroatoms. The van der Waals surface area contributed by atoms with Crippen LogP contribution in [-0.4, -0.2) is 15.0 Å². The van der Waals surface area contributed by atoms with E-state index in [9.17, 15) is 0 Å². The Balaban J connectivity index is 1.98. The maximum Gasteiger partial charge on any atom is 0.147 e. The van der Waals surface area contributed by atoms with Crippen molar-refractivity contribution in [2.45, 2.75) is 23.4 Å². The Morgan fingerprint density at radius 1 is 1.30 bits per heavy atom. The first kappa shape index (κ1) is 13.0. The lowest BCUT2D eigenvalue weighted by atomic mass is 10.2. The van der Waals surface area contributed by atoms with E-state index in [1.54, 1.807) is 11.8 Å². The zero-order valence-corrected chi connectivity index (χ0v) is 11.9. The average molecular weight is 285 g/mol. The molecular weight excluding hydrogens is 270 g/mol. The first-order valence-corrected chi connectivity index (χ1v) is 7.19. The lowest BCUT2D eigenvalue weighted by molar-refractivity contribution is 0.939. The lowest BCUT2D eigenvalue weighted by Crippen LogP contribution is -2.12. The molecule has 0 bridgehead atoms. The fourth-order valence-electron chi connectivity index (χ4n) is 2.13. The van der Waals surface area contributed by atoms with Gasteiger partial charge in [0.15, 0.2) is 0 Å². The Morgan fingerprint density at radius 3 is 2.90 bits per heavy atom. The fourth-order valence-corrected chi connectivity index (χ4v) is 3.15. The van der Waals surface area contributed by atoms with Crippen LogP contribution >= 0.6 is 11.8 Å². The Bertz CT molecular complexity index is 704. The number of hydrogen-bond acceptors (Lipinski definition) is 5. The number of nitrogens with two attached hydrogens (primary N) is 1. The van der Waals surface area contributed by atoms with E-state index in [2.05, 4.69) is 45.5 Å². The van der Waals surface area contributed by atoms with Gasteiger partial charge >= 0.3 is 0 Å². The zero-order valence-electron chi connectivity index (χ0n) is 11.1. The van der Waals surface area contributed by atoms with Gasteiger partial charge in [0.2, 0.25) is 0 Å². The first-order chi connectivity index (χ1) is 9.81. The summed E-state index contributed by atoms with van der Waals surface area (Å²) < 4.78 is 0. The van der Waals surface area contributed by atoms with E-state index in [4.69, 9.17) is 5.84 Å². The minimum absolute atomic E-state index is 0.682. The van der Waals surface area contributed by atoms with E-state index in [0.29, 0.717) is 5.82 Å². The van der Waals surface area contributed by atoms with Gasteiger partial charge in [0.05, 0.1) is 5.03 Å². The van der Waals surface area contributed by atoms with Gasteiger partial charge in [-0.05, 0) is 18.6 Å². The van der Waals surface area contributed by atoms with E-state index in [1.165, 1.54) is 11.7 Å². The molecule has 5 nitrogen and oxygen atoms in total. The molecule has 1 aromatic carbocycles. The molecule has 4 N–H and O–H groups in total. The van der Waals surface area contributed by atoms with Crippen LogP contribution in [0.5, 0.6) is 0 Å². The molecule has 102 valence electrons. The number of nitrogens with zero attached hydrogens (tertiary/aromatic N) is 2. The third-order valence-electron chi connectivity index (χ3n) is 3.11. The highest BCUT2D eigenvalue weighted by Gasteiger charge is 2.11. The highest BCUT2D eigenvalue weighted by Crippen LogP contribution is 2.32. The van der Waals surface area contributed by atoms with E-state index >= 15 is 0 Å². The van der Waals surface area contributed by atoms with Crippen LogP contribution < -0.4 is 11.3 Å². The van der Waals surface area contributed by atoms with Crippen LogP contribution in [0.15, 0.2) is 46.7 Å². The Hall–Kier alpha value is -2.05. The molecule has 2 aromatic heterocycles. The number of nitrogen functional groups attached to an aromatic ring is 1. The maximum absolute atomic E-state index is 5.49. The molecule has 20 heavy (non-hydrogen) atoms. The van der Waals surface area contributed by atoms with Crippen molar-refractivity contribution in [3.8, 4) is 0 Å². The predicted molar refractivity (Wildman–Crippen MR) is 81.6 cm³/mol. The summed E-state index contributed by atoms with van der Waals surface area (Å²) in [5.41, 5.74) is 4.78. The molecule has 0 aliphatic rings. The summed E-state index contributed by atoms with van der Waals surface area (Å²) in [6.45, 7) is 2.06. The third kappa shape index (κ3) is 2.35. The quantitative estimate of drug-likeness (QED) is 0.390. The van der Waals surface area contributed by atoms with Gasteiger partial charge in [-0.25, -0.2) is 15.8 Å². The molecule has 0 unspecified atom stereocenters. The summed E-state index contributed by atoms with van der Waals surface area (Å²) in [6, 6.07) is 10.3. The minimum atomic E-state index is 0.682. The van der Waals surface area contributed by atoms with Gasteiger partial charge in [-0.3, -0.25) is 0 Å². The molecule has 0 amide bonds. The molecular formula is C14H15N5S. The van der Waals surface area contributed by atoms with Gasteiger partial charge in [0.25, 0.3) is 0 Å². The van der Waals surface area contributed by atoms with Gasteiger partial charge in [0.1, 0.15) is 17.2 Å². The molecule has 0 saturated carbocycles. The summed E-state index contributed by atoms with van der Waals surface area (Å²) in [5, 5.41) is 3.17. The second-order valence-electron chi connectivity index (χ2n) is 4.33. The molecule has 0 aliphatic heterocycles. The SMILES string of the molecule is CCc1c(NN)ncnc1Sc1cc2ccccc2[nH]1. The molecule has 0 fully saturated rings. The fraction of sp³-hybridized carbons (Fsp3) is 0.143. The Morgan fingerprint density at radius 2 is 2.15 bits per heavy atom. The van der Waals surface area contributed by atoms with Crippen molar-refractivity contribution in [2.75, 3.05) is 5.43 Å². The van der Waals surface area contributed by atoms with E-state index in [-0.39, 0.29) is 0 Å². The van der Waals surface area contributed by atoms with E-state index < -0.39 is 0 Å². The summed E-state index contributed by atoms with van der Waals surface area (Å²) in [4.78, 5) is 11.9. The monoisotopic (exact) mass is 285 g/mol. The first-order valence-electron chi connectivity index (χ1n) is 6.38. The molecule has 3 rings (SSSR count). The second kappa shape index (κ2) is 5.52. The van der Waals surface area contributed by atoms with Crippen LogP contribution in [0.1, 0.15) is 12.5 Å². The van der Waals surface area contributed by atoms with Crippen molar-refractivity contribution in [2.24, 2.45) is 5.84 Å². The molecule has 0 spiro atoms. The third-order valence-corrected chi connectivity index (χ3v) is 4.09. The van der Waals surface area contributed by atoms with Crippen LogP contribution in [0, 0.1) is 0 Å². The van der Waals surface area contributed by atoms with Crippen molar-refractivity contribution < 1.29 is 0 Å². The van der Waals surface area contributed by atoms with Gasteiger partial charge < -0.3 is 10.4 Å². The maximum atomic E-state index is 5.49. The number of hydrazine groups is 1. The Kier molecular flexibility index (Phi) is 3.58. The van der Waals surface area contributed by atoms with E-state index in [0.717, 1.165) is 27.6 Å². The highest BCUT2D eigenvalue weighted by molar-refractivity contribution is 7.99. The second-order valence-corrected chi connectivity index (χ2v) is 5.36. The van der Waals surface area contributed by atoms with Gasteiger partial charge in [-0.15, -0.1) is 0 Å². The average Bonchev–Trinajstić information content (AvgIpc) is 2.89. The lowest BCUT2D eigenvalue weighted by Gasteiger charge is -2.09. The molecule has 0 saturated heterocycles. The number of benzene rings is 1. The smallest absolute Gasteiger partial charge is 0.147 e. The number of para-hydroxylation sites is 1. The molecule has 0 aliphatic carbocycles. The number of rotatable bonds is 4. The van der Waals surface area contributed by atoms with Crippen molar-refractivity contribution in [3.05, 3.63) is 42.2 Å². The van der Waals surface area contributed by atoms with Crippen molar-refractivity contribution in [1.82, 2.24) is 15.0 Å².